The van der Waals surface area contributed by atoms with Crippen LogP contribution in [0.3, 0.4) is 0 Å². The van der Waals surface area contributed by atoms with Crippen LogP contribution in [0.25, 0.3) is 0 Å². The molecule has 0 radical (unpaired) electrons. The van der Waals surface area contributed by atoms with E-state index >= 15 is 0 Å². The van der Waals surface area contributed by atoms with Gasteiger partial charge in [-0.1, -0.05) is 0 Å². The van der Waals surface area contributed by atoms with Crippen molar-refractivity contribution in [1.29, 1.82) is 0 Å². The Morgan fingerprint density at radius 2 is 2.57 bits per heavy atom. The van der Waals surface area contributed by atoms with Crippen molar-refractivity contribution in [2.75, 3.05) is 0 Å². The Morgan fingerprint density at radius 3 is 3.14 bits per heavy atom. The monoisotopic (exact) mass is 92.0 g/mol. The minimum Gasteiger partial charge on any atom is -0.245 e. The van der Waals surface area contributed by atoms with E-state index in [0.717, 1.165) is 6.42 Å². The molecule has 1 aliphatic rings. The zero-order chi connectivity index (χ0) is 4.69. The van der Waals surface area contributed by atoms with E-state index in [0.29, 0.717) is 0 Å². The molecule has 2 rings (SSSR count). The van der Waals surface area contributed by atoms with Crippen LogP contribution in [0.4, 0.5) is 0 Å². The van der Waals surface area contributed by atoms with E-state index in [2.05, 4.69) is 9.97 Å². The molecule has 0 aromatic carbocycles. The summed E-state index contributed by atoms with van der Waals surface area (Å²) in [4.78, 5) is 7.79. The molecular formula is C5H4N2. The lowest BCUT2D eigenvalue weighted by Crippen LogP contribution is -1.67. The summed E-state index contributed by atoms with van der Waals surface area (Å²) in [5.74, 6) is 0. The van der Waals surface area contributed by atoms with Crippen molar-refractivity contribution in [1.82, 2.24) is 9.97 Å². The van der Waals surface area contributed by atoms with Gasteiger partial charge >= 0.3 is 0 Å². The first-order chi connectivity index (χ1) is 3.47. The minimum absolute atomic E-state index is 1.07. The van der Waals surface area contributed by atoms with E-state index in [1.54, 1.807) is 6.33 Å². The van der Waals surface area contributed by atoms with Gasteiger partial charge in [0.05, 0.1) is 5.69 Å². The van der Waals surface area contributed by atoms with Crippen molar-refractivity contribution >= 4 is 0 Å². The molecule has 0 unspecified atom stereocenters. The zero-order valence-electron chi connectivity index (χ0n) is 3.76. The molecule has 7 heavy (non-hydrogen) atoms. The first-order valence-corrected chi connectivity index (χ1v) is 2.24. The second-order valence-electron chi connectivity index (χ2n) is 1.67. The third-order valence-corrected chi connectivity index (χ3v) is 1.11. The van der Waals surface area contributed by atoms with Crippen molar-refractivity contribution in [3.63, 3.8) is 0 Å². The van der Waals surface area contributed by atoms with Gasteiger partial charge in [-0.2, -0.15) is 0 Å². The molecule has 0 saturated heterocycles. The maximum absolute atomic E-state index is 3.96. The quantitative estimate of drug-likeness (QED) is 0.469. The van der Waals surface area contributed by atoms with Crippen molar-refractivity contribution < 1.29 is 0 Å². The smallest absolute Gasteiger partial charge is 0.115 e. The highest BCUT2D eigenvalue weighted by Gasteiger charge is 2.16. The Hall–Kier alpha value is -0.920. The number of hydrogen-bond acceptors (Lipinski definition) is 2. The molecule has 0 fully saturated rings. The lowest BCUT2D eigenvalue weighted by atomic mass is 10.7. The molecule has 2 nitrogen and oxygen atoms in total. The van der Waals surface area contributed by atoms with Gasteiger partial charge in [0.1, 0.15) is 6.33 Å². The summed E-state index contributed by atoms with van der Waals surface area (Å²) in [6.07, 6.45) is 4.52. The van der Waals surface area contributed by atoms with E-state index in [1.807, 2.05) is 6.20 Å². The summed E-state index contributed by atoms with van der Waals surface area (Å²) in [7, 11) is 0. The number of nitrogens with zero attached hydrogens (tertiary/aromatic N) is 2. The Labute approximate surface area is 41.2 Å². The van der Waals surface area contributed by atoms with Crippen molar-refractivity contribution in [2.45, 2.75) is 6.42 Å². The molecule has 2 heteroatoms. The lowest BCUT2D eigenvalue weighted by Gasteiger charge is -1.69. The van der Waals surface area contributed by atoms with Gasteiger partial charge in [0, 0.05) is 12.6 Å². The molecule has 0 N–H and O–H groups in total. The summed E-state index contributed by atoms with van der Waals surface area (Å²) in [6, 6.07) is 0. The van der Waals surface area contributed by atoms with Crippen LogP contribution in [0, 0.1) is 0 Å². The van der Waals surface area contributed by atoms with E-state index in [4.69, 9.17) is 0 Å². The number of aromatic nitrogens is 2. The summed E-state index contributed by atoms with van der Waals surface area (Å²) < 4.78 is 0. The molecule has 1 aromatic heterocycles. The minimum atomic E-state index is 1.07. The molecule has 1 heterocycles. The fourth-order valence-corrected chi connectivity index (χ4v) is 0.611. The van der Waals surface area contributed by atoms with Gasteiger partial charge < -0.3 is 0 Å². The molecule has 1 aromatic rings. The van der Waals surface area contributed by atoms with Crippen molar-refractivity contribution in [3.8, 4) is 0 Å². The van der Waals surface area contributed by atoms with E-state index in [-0.39, 0.29) is 0 Å². The number of rotatable bonds is 0. The van der Waals surface area contributed by atoms with Crippen LogP contribution >= 0.6 is 0 Å². The van der Waals surface area contributed by atoms with Gasteiger partial charge in [-0.05, 0) is 5.56 Å². The summed E-state index contributed by atoms with van der Waals surface area (Å²) >= 11 is 0. The average Bonchev–Trinajstić information content (AvgIpc) is 2.41. The highest BCUT2D eigenvalue weighted by atomic mass is 14.8. The Kier molecular flexibility index (Phi) is 0.372. The second-order valence-corrected chi connectivity index (χ2v) is 1.67. The number of hydrogen-bond donors (Lipinski definition) is 0. The third kappa shape index (κ3) is 0.330. The van der Waals surface area contributed by atoms with Crippen LogP contribution in [-0.4, -0.2) is 9.97 Å². The molecule has 0 saturated carbocycles. The standard InChI is InChI=1S/C5H4N2/c1-4-2-6-3-7-5(1)4/h2-3H,1H2. The molecule has 0 bridgehead atoms. The topological polar surface area (TPSA) is 25.8 Å². The molecule has 34 valence electrons. The largest absolute Gasteiger partial charge is 0.245 e. The predicted octanol–water partition coefficient (Wildman–Crippen LogP) is 0.381. The van der Waals surface area contributed by atoms with Gasteiger partial charge in [-0.15, -0.1) is 0 Å². The van der Waals surface area contributed by atoms with Crippen LogP contribution in [0.2, 0.25) is 0 Å². The fourth-order valence-electron chi connectivity index (χ4n) is 0.611. The first kappa shape index (κ1) is 3.13. The predicted molar refractivity (Wildman–Crippen MR) is 24.8 cm³/mol. The maximum atomic E-state index is 3.96. The zero-order valence-corrected chi connectivity index (χ0v) is 3.76. The molecule has 1 aliphatic carbocycles. The number of fused-ring (bicyclic) bond motifs is 1. The molecule has 0 aliphatic heterocycles. The normalized spacial score (nSPS) is 13.1. The maximum Gasteiger partial charge on any atom is 0.115 e. The van der Waals surface area contributed by atoms with E-state index in [1.165, 1.54) is 11.3 Å². The van der Waals surface area contributed by atoms with Crippen LogP contribution in [0.5, 0.6) is 0 Å². The average molecular weight is 92.1 g/mol. The van der Waals surface area contributed by atoms with Gasteiger partial charge in [-0.25, -0.2) is 9.97 Å². The van der Waals surface area contributed by atoms with Gasteiger partial charge in [-0.3, -0.25) is 0 Å². The van der Waals surface area contributed by atoms with E-state index in [9.17, 15) is 0 Å². The van der Waals surface area contributed by atoms with Crippen LogP contribution in [0.15, 0.2) is 12.5 Å². The molecule has 0 atom stereocenters. The molecule has 0 spiro atoms. The highest BCUT2D eigenvalue weighted by Crippen LogP contribution is 2.21. The van der Waals surface area contributed by atoms with Crippen LogP contribution in [-0.2, 0) is 6.42 Å². The van der Waals surface area contributed by atoms with Crippen molar-refractivity contribution in [3.05, 3.63) is 23.8 Å². The molecular weight excluding hydrogens is 88.1 g/mol. The Morgan fingerprint density at radius 1 is 1.57 bits per heavy atom. The van der Waals surface area contributed by atoms with E-state index < -0.39 is 0 Å². The summed E-state index contributed by atoms with van der Waals surface area (Å²) in [5, 5.41) is 0. The summed E-state index contributed by atoms with van der Waals surface area (Å²) in [5.41, 5.74) is 2.53. The lowest BCUT2D eigenvalue weighted by molar-refractivity contribution is 1.18. The van der Waals surface area contributed by atoms with Crippen molar-refractivity contribution in [2.24, 2.45) is 0 Å². The molecule has 0 amide bonds. The fraction of sp³-hybridized carbons (Fsp3) is 0.200. The SMILES string of the molecule is c1ncc2c(n1)C2. The third-order valence-electron chi connectivity index (χ3n) is 1.11. The van der Waals surface area contributed by atoms with Gasteiger partial charge in [0.25, 0.3) is 0 Å². The summed E-state index contributed by atoms with van der Waals surface area (Å²) in [6.45, 7) is 0. The highest BCUT2D eigenvalue weighted by molar-refractivity contribution is 5.35. The van der Waals surface area contributed by atoms with Crippen LogP contribution in [0.1, 0.15) is 11.3 Å². The van der Waals surface area contributed by atoms with Crippen LogP contribution < -0.4 is 0 Å². The Balaban J connectivity index is 2.73. The first-order valence-electron chi connectivity index (χ1n) is 2.24. The van der Waals surface area contributed by atoms with Gasteiger partial charge in [0.15, 0.2) is 0 Å². The second kappa shape index (κ2) is 0.832. The van der Waals surface area contributed by atoms with Gasteiger partial charge in [0.2, 0.25) is 0 Å². The Bertz CT molecular complexity index is 174.